The van der Waals surface area contributed by atoms with Crippen molar-refractivity contribution in [1.29, 1.82) is 5.26 Å². The standard InChI is InChI=1S/C19H22N8/c1-19(2,3)15-4-5-16-22-24-18(27(16)25-15)13-7-10-26(11-8-13)17-14(12-20)6-9-21-23-17/h4-6,9,13H,7-8,10-11H2,1-3H3. The van der Waals surface area contributed by atoms with Crippen LogP contribution in [0.15, 0.2) is 24.4 Å². The second kappa shape index (κ2) is 6.58. The second-order valence-corrected chi connectivity index (χ2v) is 7.94. The fourth-order valence-electron chi connectivity index (χ4n) is 3.45. The summed E-state index contributed by atoms with van der Waals surface area (Å²) in [7, 11) is 0. The van der Waals surface area contributed by atoms with E-state index in [9.17, 15) is 5.26 Å². The fourth-order valence-corrected chi connectivity index (χ4v) is 3.45. The molecular formula is C19H22N8. The van der Waals surface area contributed by atoms with Gasteiger partial charge in [0.05, 0.1) is 17.5 Å². The smallest absolute Gasteiger partial charge is 0.177 e. The van der Waals surface area contributed by atoms with Crippen molar-refractivity contribution < 1.29 is 0 Å². The molecule has 0 saturated carbocycles. The summed E-state index contributed by atoms with van der Waals surface area (Å²) in [6, 6.07) is 7.91. The number of anilines is 1. The summed E-state index contributed by atoms with van der Waals surface area (Å²) < 4.78 is 1.89. The summed E-state index contributed by atoms with van der Waals surface area (Å²) in [6.07, 6.45) is 3.36. The zero-order valence-electron chi connectivity index (χ0n) is 15.8. The van der Waals surface area contributed by atoms with Crippen LogP contribution in [-0.4, -0.2) is 43.1 Å². The SMILES string of the molecule is CC(C)(C)c1ccc2nnc(C3CCN(c4nnccc4C#N)CC3)n2n1. The lowest BCUT2D eigenvalue weighted by Gasteiger charge is -2.32. The van der Waals surface area contributed by atoms with Crippen LogP contribution in [0.5, 0.6) is 0 Å². The molecule has 27 heavy (non-hydrogen) atoms. The lowest BCUT2D eigenvalue weighted by atomic mass is 9.92. The number of nitriles is 1. The zero-order chi connectivity index (χ0) is 19.0. The molecule has 0 unspecified atom stereocenters. The van der Waals surface area contributed by atoms with E-state index in [0.717, 1.165) is 43.1 Å². The van der Waals surface area contributed by atoms with Crippen LogP contribution in [0.25, 0.3) is 5.65 Å². The van der Waals surface area contributed by atoms with Crippen molar-refractivity contribution in [3.63, 3.8) is 0 Å². The largest absolute Gasteiger partial charge is 0.354 e. The van der Waals surface area contributed by atoms with Crippen LogP contribution in [0.3, 0.4) is 0 Å². The Kier molecular flexibility index (Phi) is 4.22. The Labute approximate surface area is 157 Å². The first kappa shape index (κ1) is 17.3. The molecule has 0 N–H and O–H groups in total. The highest BCUT2D eigenvalue weighted by atomic mass is 15.4. The molecule has 8 heteroatoms. The van der Waals surface area contributed by atoms with Crippen LogP contribution < -0.4 is 4.90 Å². The highest BCUT2D eigenvalue weighted by molar-refractivity contribution is 5.52. The first-order valence-corrected chi connectivity index (χ1v) is 9.17. The third-order valence-electron chi connectivity index (χ3n) is 5.04. The fraction of sp³-hybridized carbons (Fsp3) is 0.474. The number of rotatable bonds is 2. The molecule has 1 fully saturated rings. The topological polar surface area (TPSA) is 95.9 Å². The van der Waals surface area contributed by atoms with Gasteiger partial charge >= 0.3 is 0 Å². The summed E-state index contributed by atoms with van der Waals surface area (Å²) in [5.41, 5.74) is 2.33. The maximum atomic E-state index is 9.29. The van der Waals surface area contributed by atoms with Gasteiger partial charge in [-0.3, -0.25) is 0 Å². The lowest BCUT2D eigenvalue weighted by Crippen LogP contribution is -2.34. The number of fused-ring (bicyclic) bond motifs is 1. The van der Waals surface area contributed by atoms with E-state index < -0.39 is 0 Å². The average molecular weight is 362 g/mol. The van der Waals surface area contributed by atoms with Gasteiger partial charge in [0.15, 0.2) is 17.3 Å². The molecule has 8 nitrogen and oxygen atoms in total. The van der Waals surface area contributed by atoms with Crippen molar-refractivity contribution in [2.75, 3.05) is 18.0 Å². The number of hydrogen-bond acceptors (Lipinski definition) is 7. The molecule has 138 valence electrons. The molecule has 0 spiro atoms. The molecule has 1 saturated heterocycles. The van der Waals surface area contributed by atoms with Crippen LogP contribution in [0.2, 0.25) is 0 Å². The highest BCUT2D eigenvalue weighted by Crippen LogP contribution is 2.30. The van der Waals surface area contributed by atoms with Crippen LogP contribution >= 0.6 is 0 Å². The van der Waals surface area contributed by atoms with Crippen LogP contribution in [-0.2, 0) is 5.41 Å². The van der Waals surface area contributed by atoms with E-state index in [1.54, 1.807) is 12.3 Å². The Balaban J connectivity index is 1.57. The van der Waals surface area contributed by atoms with Gasteiger partial charge in [-0.2, -0.15) is 20.0 Å². The van der Waals surface area contributed by atoms with E-state index in [4.69, 9.17) is 5.10 Å². The third kappa shape index (κ3) is 3.21. The van der Waals surface area contributed by atoms with Crippen molar-refractivity contribution in [1.82, 2.24) is 30.0 Å². The van der Waals surface area contributed by atoms with Crippen molar-refractivity contribution in [3.8, 4) is 6.07 Å². The van der Waals surface area contributed by atoms with E-state index >= 15 is 0 Å². The Bertz CT molecular complexity index is 1000. The maximum absolute atomic E-state index is 9.29. The number of piperidine rings is 1. The van der Waals surface area contributed by atoms with Gasteiger partial charge in [-0.05, 0) is 31.0 Å². The number of nitrogens with zero attached hydrogens (tertiary/aromatic N) is 8. The third-order valence-corrected chi connectivity index (χ3v) is 5.04. The van der Waals surface area contributed by atoms with Crippen molar-refractivity contribution in [2.24, 2.45) is 0 Å². The summed E-state index contributed by atoms with van der Waals surface area (Å²) in [4.78, 5) is 2.12. The quantitative estimate of drug-likeness (QED) is 0.691. The monoisotopic (exact) mass is 362 g/mol. The Hall–Kier alpha value is -3.08. The first-order chi connectivity index (χ1) is 13.0. The molecule has 4 rings (SSSR count). The molecule has 1 aliphatic rings. The Morgan fingerprint density at radius 3 is 2.56 bits per heavy atom. The van der Waals surface area contributed by atoms with Gasteiger partial charge < -0.3 is 4.90 Å². The highest BCUT2D eigenvalue weighted by Gasteiger charge is 2.27. The normalized spacial score (nSPS) is 15.9. The van der Waals surface area contributed by atoms with Gasteiger partial charge in [0.25, 0.3) is 0 Å². The number of hydrogen-bond donors (Lipinski definition) is 0. The molecule has 3 aromatic rings. The van der Waals surface area contributed by atoms with Crippen LogP contribution in [0.1, 0.15) is 56.6 Å². The molecule has 0 aromatic carbocycles. The first-order valence-electron chi connectivity index (χ1n) is 9.17. The minimum Gasteiger partial charge on any atom is -0.354 e. The van der Waals surface area contributed by atoms with Gasteiger partial charge in [-0.15, -0.1) is 15.3 Å². The number of aromatic nitrogens is 6. The van der Waals surface area contributed by atoms with Crippen LogP contribution in [0, 0.1) is 11.3 Å². The molecule has 3 aromatic heterocycles. The van der Waals surface area contributed by atoms with Gasteiger partial charge in [-0.25, -0.2) is 0 Å². The minimum absolute atomic E-state index is 0.0290. The van der Waals surface area contributed by atoms with Gasteiger partial charge in [0.1, 0.15) is 6.07 Å². The second-order valence-electron chi connectivity index (χ2n) is 7.94. The summed E-state index contributed by atoms with van der Waals surface area (Å²) in [5.74, 6) is 1.86. The minimum atomic E-state index is -0.0290. The van der Waals surface area contributed by atoms with E-state index in [-0.39, 0.29) is 11.3 Å². The van der Waals surface area contributed by atoms with E-state index in [1.165, 1.54) is 0 Å². The molecule has 1 aliphatic heterocycles. The molecule has 4 heterocycles. The predicted octanol–water partition coefficient (Wildman–Crippen LogP) is 2.47. The van der Waals surface area contributed by atoms with Gasteiger partial charge in [-0.1, -0.05) is 20.8 Å². The van der Waals surface area contributed by atoms with E-state index in [1.807, 2.05) is 16.6 Å². The molecule has 0 radical (unpaired) electrons. The lowest BCUT2D eigenvalue weighted by molar-refractivity contribution is 0.469. The van der Waals surface area contributed by atoms with E-state index in [2.05, 4.69) is 52.1 Å². The average Bonchev–Trinajstić information content (AvgIpc) is 3.10. The zero-order valence-corrected chi connectivity index (χ0v) is 15.8. The molecule has 0 atom stereocenters. The van der Waals surface area contributed by atoms with Crippen molar-refractivity contribution in [2.45, 2.75) is 44.9 Å². The summed E-state index contributed by atoms with van der Waals surface area (Å²) >= 11 is 0. The predicted molar refractivity (Wildman–Crippen MR) is 100 cm³/mol. The summed E-state index contributed by atoms with van der Waals surface area (Å²) in [5, 5.41) is 30.9. The molecule has 0 amide bonds. The Morgan fingerprint density at radius 1 is 1.07 bits per heavy atom. The molecular weight excluding hydrogens is 340 g/mol. The van der Waals surface area contributed by atoms with Crippen molar-refractivity contribution in [3.05, 3.63) is 41.5 Å². The maximum Gasteiger partial charge on any atom is 0.177 e. The van der Waals surface area contributed by atoms with Crippen LogP contribution in [0.4, 0.5) is 5.82 Å². The molecule has 0 bridgehead atoms. The summed E-state index contributed by atoms with van der Waals surface area (Å²) in [6.45, 7) is 8.05. The van der Waals surface area contributed by atoms with Crippen molar-refractivity contribution >= 4 is 11.5 Å². The van der Waals surface area contributed by atoms with E-state index in [0.29, 0.717) is 11.4 Å². The molecule has 0 aliphatic carbocycles. The Morgan fingerprint density at radius 2 is 1.85 bits per heavy atom. The van der Waals surface area contributed by atoms with Gasteiger partial charge in [0.2, 0.25) is 0 Å². The van der Waals surface area contributed by atoms with Gasteiger partial charge in [0, 0.05) is 24.4 Å².